The molecule has 1 N–H and O–H groups in total. The van der Waals surface area contributed by atoms with Gasteiger partial charge in [0.05, 0.1) is 24.5 Å². The lowest BCUT2D eigenvalue weighted by Gasteiger charge is -2.13. The van der Waals surface area contributed by atoms with Crippen LogP contribution in [0.15, 0.2) is 23.1 Å². The largest absolute Gasteiger partial charge is 0.504 e. The second-order valence-corrected chi connectivity index (χ2v) is 7.14. The van der Waals surface area contributed by atoms with Crippen molar-refractivity contribution in [1.29, 1.82) is 0 Å². The number of thioether (sulfide) groups is 1. The number of nitrogens with zero attached hydrogens (tertiary/aromatic N) is 1. The van der Waals surface area contributed by atoms with Crippen LogP contribution in [0.3, 0.4) is 0 Å². The normalized spacial score (nSPS) is 15.6. The van der Waals surface area contributed by atoms with Crippen molar-refractivity contribution in [2.45, 2.75) is 26.7 Å². The van der Waals surface area contributed by atoms with E-state index in [1.807, 2.05) is 13.8 Å². The van der Waals surface area contributed by atoms with Crippen molar-refractivity contribution in [3.63, 3.8) is 0 Å². The zero-order valence-corrected chi connectivity index (χ0v) is 16.3. The minimum atomic E-state index is -0.343. The number of benzene rings is 1. The fourth-order valence-corrected chi connectivity index (χ4v) is 3.54. The Morgan fingerprint density at radius 2 is 2.15 bits per heavy atom. The third kappa shape index (κ3) is 5.22. The SMILES string of the molecule is CCCOC(=O)CCN1C(=O)/C(=C/c2ccc(O)c(OCC)c2)SC1=S. The van der Waals surface area contributed by atoms with Gasteiger partial charge in [-0.15, -0.1) is 0 Å². The van der Waals surface area contributed by atoms with Gasteiger partial charge in [0.15, 0.2) is 11.5 Å². The molecule has 0 atom stereocenters. The smallest absolute Gasteiger partial charge is 0.307 e. The molecule has 1 saturated heterocycles. The van der Waals surface area contributed by atoms with Crippen LogP contribution >= 0.6 is 24.0 Å². The molecule has 0 bridgehead atoms. The van der Waals surface area contributed by atoms with Gasteiger partial charge in [0.1, 0.15) is 4.32 Å². The number of esters is 1. The Hall–Kier alpha value is -2.06. The molecule has 1 aromatic rings. The van der Waals surface area contributed by atoms with E-state index < -0.39 is 0 Å². The summed E-state index contributed by atoms with van der Waals surface area (Å²) < 4.78 is 10.8. The number of ether oxygens (including phenoxy) is 2. The molecule has 0 unspecified atom stereocenters. The molecular weight excluding hydrogens is 374 g/mol. The van der Waals surface area contributed by atoms with Crippen LogP contribution in [0, 0.1) is 0 Å². The predicted octanol–water partition coefficient (Wildman–Crippen LogP) is 3.34. The Balaban J connectivity index is 2.06. The van der Waals surface area contributed by atoms with E-state index in [0.29, 0.717) is 33.8 Å². The number of carbonyl (C=O) groups is 2. The Bertz CT molecular complexity index is 732. The summed E-state index contributed by atoms with van der Waals surface area (Å²) in [5.41, 5.74) is 0.717. The molecule has 0 aliphatic carbocycles. The highest BCUT2D eigenvalue weighted by atomic mass is 32.2. The number of rotatable bonds is 8. The maximum absolute atomic E-state index is 12.5. The number of amides is 1. The van der Waals surface area contributed by atoms with Crippen molar-refractivity contribution in [2.75, 3.05) is 19.8 Å². The molecule has 1 heterocycles. The average Bonchev–Trinajstić information content (AvgIpc) is 2.87. The zero-order chi connectivity index (χ0) is 19.1. The molecule has 0 saturated carbocycles. The first-order valence-electron chi connectivity index (χ1n) is 8.33. The summed E-state index contributed by atoms with van der Waals surface area (Å²) in [6.07, 6.45) is 2.55. The summed E-state index contributed by atoms with van der Waals surface area (Å²) >= 11 is 6.43. The van der Waals surface area contributed by atoms with E-state index in [-0.39, 0.29) is 30.6 Å². The predicted molar refractivity (Wildman–Crippen MR) is 105 cm³/mol. The number of hydrogen-bond acceptors (Lipinski definition) is 7. The molecule has 0 aromatic heterocycles. The zero-order valence-electron chi connectivity index (χ0n) is 14.7. The summed E-state index contributed by atoms with van der Waals surface area (Å²) in [4.78, 5) is 26.0. The number of thiocarbonyl (C=S) groups is 1. The lowest BCUT2D eigenvalue weighted by atomic mass is 10.2. The van der Waals surface area contributed by atoms with Crippen molar-refractivity contribution in [3.05, 3.63) is 28.7 Å². The van der Waals surface area contributed by atoms with Gasteiger partial charge < -0.3 is 14.6 Å². The summed E-state index contributed by atoms with van der Waals surface area (Å²) in [7, 11) is 0. The highest BCUT2D eigenvalue weighted by Crippen LogP contribution is 2.34. The van der Waals surface area contributed by atoms with E-state index in [9.17, 15) is 14.7 Å². The number of hydrogen-bond donors (Lipinski definition) is 1. The number of phenols is 1. The van der Waals surface area contributed by atoms with Gasteiger partial charge in [-0.25, -0.2) is 0 Å². The maximum atomic E-state index is 12.5. The number of phenolic OH excluding ortho intramolecular Hbond substituents is 1. The summed E-state index contributed by atoms with van der Waals surface area (Å²) in [6.45, 7) is 4.74. The van der Waals surface area contributed by atoms with Crippen molar-refractivity contribution < 1.29 is 24.2 Å². The van der Waals surface area contributed by atoms with E-state index in [4.69, 9.17) is 21.7 Å². The second kappa shape index (κ2) is 9.59. The lowest BCUT2D eigenvalue weighted by molar-refractivity contribution is -0.143. The van der Waals surface area contributed by atoms with Crippen LogP contribution < -0.4 is 4.74 Å². The Kier molecular flexibility index (Phi) is 7.47. The van der Waals surface area contributed by atoms with Crippen LogP contribution in [-0.2, 0) is 14.3 Å². The van der Waals surface area contributed by atoms with Gasteiger partial charge in [-0.3, -0.25) is 14.5 Å². The van der Waals surface area contributed by atoms with Crippen molar-refractivity contribution in [1.82, 2.24) is 4.90 Å². The average molecular weight is 396 g/mol. The lowest BCUT2D eigenvalue weighted by Crippen LogP contribution is -2.30. The molecule has 2 rings (SSSR count). The first kappa shape index (κ1) is 20.3. The molecule has 1 amide bonds. The molecule has 0 spiro atoms. The van der Waals surface area contributed by atoms with E-state index >= 15 is 0 Å². The van der Waals surface area contributed by atoms with Gasteiger partial charge in [0.25, 0.3) is 5.91 Å². The van der Waals surface area contributed by atoms with Crippen molar-refractivity contribution in [3.8, 4) is 11.5 Å². The molecular formula is C18H21NO5S2. The first-order valence-corrected chi connectivity index (χ1v) is 9.55. The van der Waals surface area contributed by atoms with Crippen molar-refractivity contribution >= 4 is 46.3 Å². The molecule has 8 heteroatoms. The van der Waals surface area contributed by atoms with Gasteiger partial charge in [-0.05, 0) is 37.1 Å². The summed E-state index contributed by atoms with van der Waals surface area (Å²) in [5, 5.41) is 9.76. The molecule has 1 aliphatic rings. The Morgan fingerprint density at radius 1 is 1.38 bits per heavy atom. The van der Waals surface area contributed by atoms with E-state index in [1.165, 1.54) is 22.7 Å². The molecule has 140 valence electrons. The third-order valence-corrected chi connectivity index (χ3v) is 4.84. The number of aromatic hydroxyl groups is 1. The van der Waals surface area contributed by atoms with Crippen LogP contribution in [0.1, 0.15) is 32.3 Å². The maximum Gasteiger partial charge on any atom is 0.307 e. The van der Waals surface area contributed by atoms with Crippen LogP contribution in [-0.4, -0.2) is 46.0 Å². The summed E-state index contributed by atoms with van der Waals surface area (Å²) in [6, 6.07) is 4.86. The van der Waals surface area contributed by atoms with E-state index in [2.05, 4.69) is 0 Å². The molecule has 1 fully saturated rings. The molecule has 6 nitrogen and oxygen atoms in total. The summed E-state index contributed by atoms with van der Waals surface area (Å²) in [5.74, 6) is -0.184. The van der Waals surface area contributed by atoms with Crippen LogP contribution in [0.5, 0.6) is 11.5 Å². The van der Waals surface area contributed by atoms with Gasteiger partial charge in [-0.1, -0.05) is 37.0 Å². The molecule has 0 radical (unpaired) electrons. The Labute approximate surface area is 162 Å². The second-order valence-electron chi connectivity index (χ2n) is 5.46. The van der Waals surface area contributed by atoms with E-state index in [1.54, 1.807) is 18.2 Å². The van der Waals surface area contributed by atoms with Gasteiger partial charge in [0.2, 0.25) is 0 Å². The molecule has 1 aliphatic heterocycles. The minimum Gasteiger partial charge on any atom is -0.504 e. The van der Waals surface area contributed by atoms with Gasteiger partial charge in [0, 0.05) is 6.54 Å². The highest BCUT2D eigenvalue weighted by molar-refractivity contribution is 8.26. The first-order chi connectivity index (χ1) is 12.5. The van der Waals surface area contributed by atoms with E-state index in [0.717, 1.165) is 6.42 Å². The standard InChI is InChI=1S/C18H21NO5S2/c1-3-9-24-16(21)7-8-19-17(22)15(26-18(19)25)11-12-5-6-13(20)14(10-12)23-4-2/h5-6,10-11,20H,3-4,7-9H2,1-2H3/b15-11-. The fraction of sp³-hybridized carbons (Fsp3) is 0.389. The monoisotopic (exact) mass is 395 g/mol. The van der Waals surface area contributed by atoms with Crippen LogP contribution in [0.4, 0.5) is 0 Å². The topological polar surface area (TPSA) is 76.1 Å². The molecule has 26 heavy (non-hydrogen) atoms. The quantitative estimate of drug-likeness (QED) is 0.411. The fourth-order valence-electron chi connectivity index (χ4n) is 2.23. The minimum absolute atomic E-state index is 0.0436. The highest BCUT2D eigenvalue weighted by Gasteiger charge is 2.32. The third-order valence-electron chi connectivity index (χ3n) is 3.46. The van der Waals surface area contributed by atoms with Crippen LogP contribution in [0.2, 0.25) is 0 Å². The van der Waals surface area contributed by atoms with Crippen molar-refractivity contribution in [2.24, 2.45) is 0 Å². The van der Waals surface area contributed by atoms with Gasteiger partial charge >= 0.3 is 5.97 Å². The van der Waals surface area contributed by atoms with Gasteiger partial charge in [-0.2, -0.15) is 0 Å². The number of carbonyl (C=O) groups excluding carboxylic acids is 2. The molecule has 1 aromatic carbocycles. The van der Waals surface area contributed by atoms with Crippen LogP contribution in [0.25, 0.3) is 6.08 Å². The Morgan fingerprint density at radius 3 is 2.85 bits per heavy atom.